The van der Waals surface area contributed by atoms with Gasteiger partial charge in [-0.3, -0.25) is 9.78 Å². The Morgan fingerprint density at radius 3 is 2.53 bits per heavy atom. The molecule has 17 heavy (non-hydrogen) atoms. The number of carboxylic acid groups (broad SMARTS) is 1. The van der Waals surface area contributed by atoms with E-state index in [2.05, 4.69) is 4.98 Å². The van der Waals surface area contributed by atoms with Crippen molar-refractivity contribution in [1.29, 1.82) is 0 Å². The zero-order chi connectivity index (χ0) is 12.3. The molecule has 0 fully saturated rings. The molecule has 1 heterocycles. The molecule has 0 unspecified atom stereocenters. The Kier molecular flexibility index (Phi) is 3.19. The number of hydrogen-bond donors (Lipinski definition) is 1. The summed E-state index contributed by atoms with van der Waals surface area (Å²) < 4.78 is 0. The highest BCUT2D eigenvalue weighted by Crippen LogP contribution is 2.22. The summed E-state index contributed by atoms with van der Waals surface area (Å²) in [6.07, 6.45) is -0.00247. The van der Waals surface area contributed by atoms with Crippen LogP contribution in [0.3, 0.4) is 0 Å². The third-order valence-corrected chi connectivity index (χ3v) is 2.51. The molecule has 1 N–H and O–H groups in total. The van der Waals surface area contributed by atoms with Crippen molar-refractivity contribution in [3.05, 3.63) is 53.7 Å². The molecule has 0 aliphatic rings. The molecule has 0 saturated heterocycles. The molecule has 0 radical (unpaired) electrons. The Morgan fingerprint density at radius 1 is 1.18 bits per heavy atom. The van der Waals surface area contributed by atoms with Gasteiger partial charge < -0.3 is 5.11 Å². The number of aliphatic carboxylic acids is 1. The topological polar surface area (TPSA) is 50.2 Å². The number of rotatable bonds is 3. The molecule has 0 aliphatic carbocycles. The van der Waals surface area contributed by atoms with Gasteiger partial charge in [0.2, 0.25) is 0 Å². The van der Waals surface area contributed by atoms with Gasteiger partial charge in [0, 0.05) is 11.3 Å². The van der Waals surface area contributed by atoms with Crippen LogP contribution < -0.4 is 0 Å². The van der Waals surface area contributed by atoms with E-state index in [9.17, 15) is 4.79 Å². The molecule has 0 saturated carbocycles. The maximum Gasteiger partial charge on any atom is 0.307 e. The van der Waals surface area contributed by atoms with Gasteiger partial charge in [-0.15, -0.1) is 0 Å². The summed E-state index contributed by atoms with van der Waals surface area (Å²) in [6.45, 7) is 1.90. The first kappa shape index (κ1) is 11.3. The van der Waals surface area contributed by atoms with Crippen LogP contribution in [0.5, 0.6) is 0 Å². The summed E-state index contributed by atoms with van der Waals surface area (Å²) in [6, 6.07) is 13.3. The van der Waals surface area contributed by atoms with Crippen molar-refractivity contribution in [2.75, 3.05) is 0 Å². The van der Waals surface area contributed by atoms with Crippen molar-refractivity contribution in [1.82, 2.24) is 4.98 Å². The Hall–Kier alpha value is -2.16. The van der Waals surface area contributed by atoms with Crippen molar-refractivity contribution in [2.45, 2.75) is 13.3 Å². The van der Waals surface area contributed by atoms with Gasteiger partial charge >= 0.3 is 5.97 Å². The summed E-state index contributed by atoms with van der Waals surface area (Å²) in [5.41, 5.74) is 3.34. The van der Waals surface area contributed by atoms with Gasteiger partial charge in [-0.2, -0.15) is 0 Å². The molecule has 2 rings (SSSR count). The van der Waals surface area contributed by atoms with Crippen LogP contribution >= 0.6 is 0 Å². The lowest BCUT2D eigenvalue weighted by molar-refractivity contribution is -0.136. The van der Waals surface area contributed by atoms with E-state index in [1.54, 1.807) is 0 Å². The van der Waals surface area contributed by atoms with Gasteiger partial charge in [0.15, 0.2) is 0 Å². The predicted molar refractivity (Wildman–Crippen MR) is 65.7 cm³/mol. The summed E-state index contributed by atoms with van der Waals surface area (Å²) in [7, 11) is 0. The quantitative estimate of drug-likeness (QED) is 0.877. The maximum atomic E-state index is 10.8. The summed E-state index contributed by atoms with van der Waals surface area (Å²) in [5, 5.41) is 8.88. The lowest BCUT2D eigenvalue weighted by atomic mass is 10.0. The van der Waals surface area contributed by atoms with Gasteiger partial charge in [-0.1, -0.05) is 36.4 Å². The van der Waals surface area contributed by atoms with Crippen molar-refractivity contribution in [3.63, 3.8) is 0 Å². The minimum atomic E-state index is -0.840. The average Bonchev–Trinajstić information content (AvgIpc) is 2.32. The van der Waals surface area contributed by atoms with Gasteiger partial charge in [0.1, 0.15) is 0 Å². The fourth-order valence-corrected chi connectivity index (χ4v) is 1.74. The lowest BCUT2D eigenvalue weighted by Crippen LogP contribution is -2.03. The minimum Gasteiger partial charge on any atom is -0.481 e. The standard InChI is InChI=1S/C14H13NO2/c1-10-7-8-12(9-13(16)17)14(15-10)11-5-3-2-4-6-11/h2-8H,9H2,1H3,(H,16,17). The Morgan fingerprint density at radius 2 is 1.88 bits per heavy atom. The molecule has 3 nitrogen and oxygen atoms in total. The second kappa shape index (κ2) is 4.78. The highest BCUT2D eigenvalue weighted by atomic mass is 16.4. The van der Waals surface area contributed by atoms with E-state index in [1.165, 1.54) is 0 Å². The zero-order valence-electron chi connectivity index (χ0n) is 9.55. The molecular weight excluding hydrogens is 214 g/mol. The fraction of sp³-hybridized carbons (Fsp3) is 0.143. The van der Waals surface area contributed by atoms with Gasteiger partial charge in [-0.05, 0) is 18.6 Å². The molecule has 0 atom stereocenters. The first-order valence-electron chi connectivity index (χ1n) is 5.40. The summed E-state index contributed by atoms with van der Waals surface area (Å²) in [5.74, 6) is -0.840. The lowest BCUT2D eigenvalue weighted by Gasteiger charge is -2.08. The number of aromatic nitrogens is 1. The number of pyridine rings is 1. The normalized spacial score (nSPS) is 10.2. The van der Waals surface area contributed by atoms with Crippen LogP contribution in [0, 0.1) is 6.92 Å². The Labute approximate surface area is 99.8 Å². The van der Waals surface area contributed by atoms with Crippen molar-refractivity contribution >= 4 is 5.97 Å². The van der Waals surface area contributed by atoms with E-state index in [0.29, 0.717) is 0 Å². The van der Waals surface area contributed by atoms with E-state index in [-0.39, 0.29) is 6.42 Å². The second-order valence-electron chi connectivity index (χ2n) is 3.90. The molecule has 1 aromatic heterocycles. The number of carbonyl (C=O) groups is 1. The minimum absolute atomic E-state index is 0.00247. The Balaban J connectivity index is 2.51. The van der Waals surface area contributed by atoms with Crippen LogP contribution in [0.2, 0.25) is 0 Å². The molecule has 1 aromatic carbocycles. The van der Waals surface area contributed by atoms with E-state index < -0.39 is 5.97 Å². The fourth-order valence-electron chi connectivity index (χ4n) is 1.74. The molecule has 86 valence electrons. The molecular formula is C14H13NO2. The number of aryl methyl sites for hydroxylation is 1. The highest BCUT2D eigenvalue weighted by Gasteiger charge is 2.10. The smallest absolute Gasteiger partial charge is 0.307 e. The molecule has 0 spiro atoms. The van der Waals surface area contributed by atoms with Crippen LogP contribution in [0.15, 0.2) is 42.5 Å². The summed E-state index contributed by atoms with van der Waals surface area (Å²) in [4.78, 5) is 15.2. The van der Waals surface area contributed by atoms with E-state index in [0.717, 1.165) is 22.5 Å². The van der Waals surface area contributed by atoms with Gasteiger partial charge in [-0.25, -0.2) is 0 Å². The molecule has 0 aliphatic heterocycles. The zero-order valence-corrected chi connectivity index (χ0v) is 9.55. The number of hydrogen-bond acceptors (Lipinski definition) is 2. The van der Waals surface area contributed by atoms with Gasteiger partial charge in [0.05, 0.1) is 12.1 Å². The van der Waals surface area contributed by atoms with Crippen LogP contribution in [0.4, 0.5) is 0 Å². The van der Waals surface area contributed by atoms with Gasteiger partial charge in [0.25, 0.3) is 0 Å². The van der Waals surface area contributed by atoms with E-state index in [1.807, 2.05) is 49.4 Å². The average molecular weight is 227 g/mol. The van der Waals surface area contributed by atoms with E-state index >= 15 is 0 Å². The second-order valence-corrected chi connectivity index (χ2v) is 3.90. The maximum absolute atomic E-state index is 10.8. The van der Waals surface area contributed by atoms with Crippen molar-refractivity contribution in [3.8, 4) is 11.3 Å². The number of carboxylic acids is 1. The first-order valence-corrected chi connectivity index (χ1v) is 5.40. The number of benzene rings is 1. The van der Waals surface area contributed by atoms with Crippen molar-refractivity contribution in [2.24, 2.45) is 0 Å². The monoisotopic (exact) mass is 227 g/mol. The molecule has 3 heteroatoms. The highest BCUT2D eigenvalue weighted by molar-refractivity contribution is 5.75. The summed E-state index contributed by atoms with van der Waals surface area (Å²) >= 11 is 0. The molecule has 0 amide bonds. The van der Waals surface area contributed by atoms with Crippen LogP contribution in [-0.2, 0) is 11.2 Å². The van der Waals surface area contributed by atoms with Crippen LogP contribution in [0.1, 0.15) is 11.3 Å². The number of nitrogens with zero attached hydrogens (tertiary/aromatic N) is 1. The molecule has 2 aromatic rings. The SMILES string of the molecule is Cc1ccc(CC(=O)O)c(-c2ccccc2)n1. The van der Waals surface area contributed by atoms with E-state index in [4.69, 9.17) is 5.11 Å². The van der Waals surface area contributed by atoms with Crippen molar-refractivity contribution < 1.29 is 9.90 Å². The first-order chi connectivity index (χ1) is 8.16. The molecule has 0 bridgehead atoms. The van der Waals surface area contributed by atoms with Crippen LogP contribution in [-0.4, -0.2) is 16.1 Å². The Bertz CT molecular complexity index is 535. The predicted octanol–water partition coefficient (Wildman–Crippen LogP) is 2.68. The van der Waals surface area contributed by atoms with Crippen LogP contribution in [0.25, 0.3) is 11.3 Å². The third-order valence-electron chi connectivity index (χ3n) is 2.51. The largest absolute Gasteiger partial charge is 0.481 e. The third kappa shape index (κ3) is 2.69.